The number of nitrogens with two attached hydrogens (primary N) is 1. The van der Waals surface area contributed by atoms with E-state index in [1.54, 1.807) is 52.6 Å². The number of halogens is 1. The molecule has 49 heavy (non-hydrogen) atoms. The lowest BCUT2D eigenvalue weighted by Crippen LogP contribution is -2.24. The average molecular weight is 727 g/mol. The minimum atomic E-state index is -0.531. The van der Waals surface area contributed by atoms with Crippen molar-refractivity contribution in [1.29, 1.82) is 0 Å². The molecule has 0 aliphatic carbocycles. The second-order valence-corrected chi connectivity index (χ2v) is 10.2. The fourth-order valence-corrected chi connectivity index (χ4v) is 3.49. The number of nitrogens with one attached hydrogen (secondary N) is 2. The Labute approximate surface area is 294 Å². The van der Waals surface area contributed by atoms with Crippen LogP contribution in [0.1, 0.15) is 23.8 Å². The maximum absolute atomic E-state index is 11.5. The normalized spacial score (nSPS) is 9.65. The number of carbonyl (C=O) groups excluding carboxylic acids is 2. The Kier molecular flexibility index (Phi) is 16.6. The Hall–Kier alpha value is -5.66. The van der Waals surface area contributed by atoms with Gasteiger partial charge in [-0.25, -0.2) is 34.9 Å². The smallest absolute Gasteiger partial charge is 0.313 e. The van der Waals surface area contributed by atoms with Crippen LogP contribution in [0, 0.1) is 4.77 Å². The number of hydrogen-bond acceptors (Lipinski definition) is 14. The first kappa shape index (κ1) is 39.5. The minimum absolute atomic E-state index is 0.135. The minimum Gasteiger partial charge on any atom is -0.466 e. The third-order valence-corrected chi connectivity index (χ3v) is 6.57. The van der Waals surface area contributed by atoms with Gasteiger partial charge in [-0.15, -0.1) is 0 Å². The molecule has 0 aliphatic heterocycles. The summed E-state index contributed by atoms with van der Waals surface area (Å²) in [7, 11) is 4.86. The maximum Gasteiger partial charge on any atom is 0.313 e. The van der Waals surface area contributed by atoms with Crippen molar-refractivity contribution in [3.63, 3.8) is 0 Å². The van der Waals surface area contributed by atoms with Crippen LogP contribution in [-0.4, -0.2) is 79.5 Å². The monoisotopic (exact) mass is 726 g/mol. The lowest BCUT2D eigenvalue weighted by Gasteiger charge is -2.02. The van der Waals surface area contributed by atoms with Crippen LogP contribution in [0.3, 0.4) is 0 Å². The van der Waals surface area contributed by atoms with E-state index in [0.717, 1.165) is 0 Å². The molecule has 0 radical (unpaired) electrons. The molecule has 4 N–H and O–H groups in total. The maximum atomic E-state index is 11.5. The van der Waals surface area contributed by atoms with Crippen LogP contribution in [0.4, 0.5) is 0 Å². The van der Waals surface area contributed by atoms with Crippen molar-refractivity contribution in [3.05, 3.63) is 104 Å². The molecule has 0 saturated heterocycles. The lowest BCUT2D eigenvalue weighted by atomic mass is 10.2. The molecule has 0 spiro atoms. The van der Waals surface area contributed by atoms with Crippen molar-refractivity contribution in [3.8, 4) is 22.8 Å². The second kappa shape index (κ2) is 20.5. The van der Waals surface area contributed by atoms with E-state index in [4.69, 9.17) is 29.6 Å². The van der Waals surface area contributed by atoms with Gasteiger partial charge in [0.15, 0.2) is 15.7 Å². The number of Topliss-reactive ketones (excluding diaryl/α,β-unsaturated/α-hetero) is 1. The number of thiocarbonyl (C=S) groups is 1. The van der Waals surface area contributed by atoms with Crippen LogP contribution < -0.4 is 22.2 Å². The standard InChI is InChI=1S/C9H7ClN4O.C9H8N4OS.C9H10N2O3.C2H6N2S/c1-14-8(15)4-7(13-9(14)10)6-2-3-11-5-12-6;1-13-8(14)4-7(12-9(13)15)6-2-3-10-5-11-6;1-2-14-9(13)5-8(12)7-3-4-10-6-11-7;1-4-2(3)5/h2-5H,1H3;2-5H,1H3,(H,12,15);3-4,6H,2,5H2,1H3;1H3,(H3,3,4,5). The third kappa shape index (κ3) is 13.5. The summed E-state index contributed by atoms with van der Waals surface area (Å²) >= 11 is 15.1. The van der Waals surface area contributed by atoms with Gasteiger partial charge in [-0.1, -0.05) is 0 Å². The van der Waals surface area contributed by atoms with Gasteiger partial charge in [0.25, 0.3) is 11.1 Å². The largest absolute Gasteiger partial charge is 0.466 e. The molecule has 256 valence electrons. The molecule has 5 rings (SSSR count). The first-order valence-electron chi connectivity index (χ1n) is 13.9. The molecule has 0 unspecified atom stereocenters. The Bertz CT molecular complexity index is 1980. The molecular weight excluding hydrogens is 696 g/mol. The van der Waals surface area contributed by atoms with Crippen molar-refractivity contribution < 1.29 is 14.3 Å². The highest BCUT2D eigenvalue weighted by atomic mass is 35.5. The number of rotatable bonds is 6. The molecule has 0 atom stereocenters. The number of carbonyl (C=O) groups is 2. The highest BCUT2D eigenvalue weighted by Crippen LogP contribution is 2.13. The van der Waals surface area contributed by atoms with E-state index in [9.17, 15) is 19.2 Å². The Morgan fingerprint density at radius 3 is 1.94 bits per heavy atom. The number of H-pyrrole nitrogens is 1. The van der Waals surface area contributed by atoms with E-state index in [1.807, 2.05) is 0 Å². The van der Waals surface area contributed by atoms with Crippen LogP contribution in [-0.2, 0) is 23.6 Å². The molecule has 0 bridgehead atoms. The lowest BCUT2D eigenvalue weighted by molar-refractivity contribution is -0.141. The van der Waals surface area contributed by atoms with Crippen molar-refractivity contribution in [2.45, 2.75) is 13.3 Å². The topological polar surface area (TPSA) is 231 Å². The Morgan fingerprint density at radius 1 is 0.918 bits per heavy atom. The van der Waals surface area contributed by atoms with Crippen LogP contribution in [0.15, 0.2) is 77.5 Å². The zero-order valence-electron chi connectivity index (χ0n) is 26.6. The van der Waals surface area contributed by atoms with E-state index in [2.05, 4.69) is 62.1 Å². The van der Waals surface area contributed by atoms with Gasteiger partial charge in [-0.05, 0) is 61.2 Å². The molecule has 5 aromatic heterocycles. The van der Waals surface area contributed by atoms with Gasteiger partial charge in [-0.3, -0.25) is 28.3 Å². The zero-order valence-corrected chi connectivity index (χ0v) is 29.0. The van der Waals surface area contributed by atoms with Crippen molar-refractivity contribution >= 4 is 52.9 Å². The molecular formula is C29H31ClN12O5S2. The van der Waals surface area contributed by atoms with E-state index in [-0.39, 0.29) is 40.9 Å². The van der Waals surface area contributed by atoms with Crippen molar-refractivity contribution in [1.82, 2.24) is 54.3 Å². The number of aromatic nitrogens is 10. The van der Waals surface area contributed by atoms with Gasteiger partial charge in [0.1, 0.15) is 31.1 Å². The predicted octanol–water partition coefficient (Wildman–Crippen LogP) is 1.85. The van der Waals surface area contributed by atoms with Gasteiger partial charge < -0.3 is 20.8 Å². The fourth-order valence-electron chi connectivity index (χ4n) is 3.12. The molecule has 17 nitrogen and oxygen atoms in total. The van der Waals surface area contributed by atoms with Crippen LogP contribution in [0.25, 0.3) is 22.8 Å². The predicted molar refractivity (Wildman–Crippen MR) is 187 cm³/mol. The van der Waals surface area contributed by atoms with Crippen molar-refractivity contribution in [2.75, 3.05) is 13.7 Å². The van der Waals surface area contributed by atoms with Gasteiger partial charge in [-0.2, -0.15) is 0 Å². The number of ether oxygens (including phenoxy) is 1. The van der Waals surface area contributed by atoms with Crippen LogP contribution >= 0.6 is 36.0 Å². The van der Waals surface area contributed by atoms with E-state index in [0.29, 0.717) is 32.7 Å². The Balaban J connectivity index is 0.000000239. The summed E-state index contributed by atoms with van der Waals surface area (Å²) in [5, 5.41) is 3.01. The fraction of sp³-hybridized carbons (Fsp3) is 0.207. The number of hydrogen-bond donors (Lipinski definition) is 3. The molecule has 0 aromatic carbocycles. The van der Waals surface area contributed by atoms with Gasteiger partial charge in [0, 0.05) is 51.9 Å². The quantitative estimate of drug-likeness (QED) is 0.0745. The molecule has 20 heteroatoms. The summed E-state index contributed by atoms with van der Waals surface area (Å²) in [6.07, 6.45) is 8.44. The number of esters is 1. The molecule has 0 saturated carbocycles. The molecule has 0 fully saturated rings. The SMILES string of the molecule is CCOC(=O)CC(=O)c1ccncn1.CNC(N)=S.Cn1c(=O)cc(-c2ccncn2)[nH]c1=S.Cn1c(Cl)nc(-c2ccncn2)cc1=O. The first-order valence-corrected chi connectivity index (χ1v) is 15.1. The summed E-state index contributed by atoms with van der Waals surface area (Å²) < 4.78 is 7.62. The highest BCUT2D eigenvalue weighted by Gasteiger charge is 2.13. The van der Waals surface area contributed by atoms with Gasteiger partial charge >= 0.3 is 5.97 Å². The summed E-state index contributed by atoms with van der Waals surface area (Å²) in [6, 6.07) is 7.67. The summed E-state index contributed by atoms with van der Waals surface area (Å²) in [5.74, 6) is -0.887. The summed E-state index contributed by atoms with van der Waals surface area (Å²) in [6.45, 7) is 1.96. The molecule has 0 aliphatic rings. The second-order valence-electron chi connectivity index (χ2n) is 9.00. The van der Waals surface area contributed by atoms with Gasteiger partial charge in [0.05, 0.1) is 29.4 Å². The van der Waals surface area contributed by atoms with E-state index >= 15 is 0 Å². The summed E-state index contributed by atoms with van der Waals surface area (Å²) in [5.41, 5.74) is 7.04. The first-order chi connectivity index (χ1) is 23.4. The number of ketones is 1. The number of aromatic amines is 1. The molecule has 0 amide bonds. The van der Waals surface area contributed by atoms with E-state index in [1.165, 1.54) is 52.5 Å². The Morgan fingerprint density at radius 2 is 1.47 bits per heavy atom. The van der Waals surface area contributed by atoms with Crippen LogP contribution in [0.2, 0.25) is 5.28 Å². The molecule has 5 aromatic rings. The van der Waals surface area contributed by atoms with Gasteiger partial charge in [0.2, 0.25) is 5.28 Å². The third-order valence-electron chi connectivity index (χ3n) is 5.65. The highest BCUT2D eigenvalue weighted by molar-refractivity contribution is 7.80. The van der Waals surface area contributed by atoms with Crippen molar-refractivity contribution in [2.24, 2.45) is 19.8 Å². The molecule has 5 heterocycles. The van der Waals surface area contributed by atoms with Crippen LogP contribution in [0.5, 0.6) is 0 Å². The summed E-state index contributed by atoms with van der Waals surface area (Å²) in [4.78, 5) is 75.1. The zero-order chi connectivity index (χ0) is 36.3. The van der Waals surface area contributed by atoms with E-state index < -0.39 is 5.97 Å². The average Bonchev–Trinajstić information content (AvgIpc) is 3.11. The number of nitrogens with zero attached hydrogens (tertiary/aromatic N) is 9.